The van der Waals surface area contributed by atoms with E-state index in [1.54, 1.807) is 21.6 Å². The number of anilines is 1. The summed E-state index contributed by atoms with van der Waals surface area (Å²) in [6, 6.07) is 7.94. The van der Waals surface area contributed by atoms with Crippen molar-refractivity contribution in [1.29, 1.82) is 0 Å². The molecular weight excluding hydrogens is 260 g/mol. The Morgan fingerprint density at radius 1 is 0.889 bits per heavy atom. The molecule has 1 aliphatic rings. The third kappa shape index (κ3) is 5.10. The molecule has 2 rings (SSSR count). The van der Waals surface area contributed by atoms with Crippen LogP contribution >= 0.6 is 21.6 Å². The zero-order chi connectivity index (χ0) is 13.4. The van der Waals surface area contributed by atoms with Crippen LogP contribution in [-0.4, -0.2) is 0 Å². The van der Waals surface area contributed by atoms with Crippen molar-refractivity contribution in [3.63, 3.8) is 0 Å². The molecule has 2 nitrogen and oxygen atoms in total. The van der Waals surface area contributed by atoms with E-state index in [-0.39, 0.29) is 0 Å². The second-order valence-corrected chi connectivity index (χ2v) is 5.94. The lowest BCUT2D eigenvalue weighted by Crippen LogP contribution is -1.99. The van der Waals surface area contributed by atoms with Crippen LogP contribution < -0.4 is 11.5 Å². The van der Waals surface area contributed by atoms with Crippen LogP contribution in [0.4, 0.5) is 5.69 Å². The van der Waals surface area contributed by atoms with Gasteiger partial charge in [0.1, 0.15) is 0 Å². The molecule has 0 unspecified atom stereocenters. The predicted octanol–water partition coefficient (Wildman–Crippen LogP) is 4.56. The van der Waals surface area contributed by atoms with Gasteiger partial charge in [-0.1, -0.05) is 41.5 Å². The smallest absolute Gasteiger partial charge is 0.0314 e. The fourth-order valence-corrected chi connectivity index (χ4v) is 3.45. The lowest BCUT2D eigenvalue weighted by Gasteiger charge is -2.10. The fourth-order valence-electron chi connectivity index (χ4n) is 1.33. The molecule has 18 heavy (non-hydrogen) atoms. The van der Waals surface area contributed by atoms with E-state index in [4.69, 9.17) is 11.5 Å². The van der Waals surface area contributed by atoms with E-state index >= 15 is 0 Å². The van der Waals surface area contributed by atoms with Crippen molar-refractivity contribution in [1.82, 2.24) is 0 Å². The van der Waals surface area contributed by atoms with Crippen molar-refractivity contribution in [3.05, 3.63) is 47.0 Å². The van der Waals surface area contributed by atoms with Gasteiger partial charge in [0.15, 0.2) is 0 Å². The molecule has 1 aromatic carbocycles. The van der Waals surface area contributed by atoms with E-state index in [0.29, 0.717) is 0 Å². The van der Waals surface area contributed by atoms with Crippen molar-refractivity contribution in [2.24, 2.45) is 5.73 Å². The third-order valence-electron chi connectivity index (χ3n) is 2.27. The van der Waals surface area contributed by atoms with Gasteiger partial charge in [0.25, 0.3) is 0 Å². The maximum atomic E-state index is 5.71. The molecule has 0 saturated carbocycles. The van der Waals surface area contributed by atoms with Gasteiger partial charge in [-0.2, -0.15) is 0 Å². The number of rotatable bonds is 3. The molecule has 1 aromatic rings. The molecule has 98 valence electrons. The molecule has 0 amide bonds. The second kappa shape index (κ2) is 8.16. The highest BCUT2D eigenvalue weighted by Gasteiger charge is 2.05. The summed E-state index contributed by atoms with van der Waals surface area (Å²) in [5.74, 6) is 0. The molecule has 0 atom stereocenters. The average molecular weight is 280 g/mol. The first kappa shape index (κ1) is 15.1. The molecular formula is C14H20N2S2. The Hall–Kier alpha value is -1.00. The Kier molecular flexibility index (Phi) is 6.83. The standard InChI is InChI=1S/C12H14N2S2.C2H6/c13-9-1-5-11(6-2-9)15-16-12-7-3-10(14)4-8-12;1-2/h1-3,5-7H,4,8,13-14H2;1-2H3. The third-order valence-corrected chi connectivity index (χ3v) is 4.84. The van der Waals surface area contributed by atoms with Crippen LogP contribution in [0.3, 0.4) is 0 Å². The Balaban J connectivity index is 0.000000771. The van der Waals surface area contributed by atoms with E-state index in [0.717, 1.165) is 24.2 Å². The Morgan fingerprint density at radius 3 is 2.11 bits per heavy atom. The highest BCUT2D eigenvalue weighted by Crippen LogP contribution is 2.40. The van der Waals surface area contributed by atoms with Gasteiger partial charge in [-0.25, -0.2) is 0 Å². The van der Waals surface area contributed by atoms with Gasteiger partial charge >= 0.3 is 0 Å². The summed E-state index contributed by atoms with van der Waals surface area (Å²) in [6.07, 6.45) is 6.12. The molecule has 4 heteroatoms. The van der Waals surface area contributed by atoms with Gasteiger partial charge in [-0.15, -0.1) is 0 Å². The average Bonchev–Trinajstić information content (AvgIpc) is 2.42. The summed E-state index contributed by atoms with van der Waals surface area (Å²) < 4.78 is 0. The van der Waals surface area contributed by atoms with Crippen molar-refractivity contribution >= 4 is 27.3 Å². The predicted molar refractivity (Wildman–Crippen MR) is 85.2 cm³/mol. The van der Waals surface area contributed by atoms with Gasteiger partial charge in [-0.3, -0.25) is 0 Å². The van der Waals surface area contributed by atoms with Crippen LogP contribution in [0.25, 0.3) is 0 Å². The minimum absolute atomic E-state index is 0.807. The van der Waals surface area contributed by atoms with Gasteiger partial charge < -0.3 is 11.5 Å². The van der Waals surface area contributed by atoms with Crippen LogP contribution in [0.15, 0.2) is 51.9 Å². The molecule has 0 fully saturated rings. The van der Waals surface area contributed by atoms with Crippen molar-refractivity contribution in [3.8, 4) is 0 Å². The molecule has 0 aromatic heterocycles. The number of hydrogen-bond acceptors (Lipinski definition) is 4. The molecule has 1 aliphatic carbocycles. The number of nitrogens with two attached hydrogens (primary N) is 2. The molecule has 0 spiro atoms. The number of nitrogen functional groups attached to an aromatic ring is 1. The zero-order valence-electron chi connectivity index (χ0n) is 10.8. The van der Waals surface area contributed by atoms with Crippen LogP contribution in [-0.2, 0) is 0 Å². The number of allylic oxidation sites excluding steroid dienone is 4. The van der Waals surface area contributed by atoms with Crippen molar-refractivity contribution in [2.75, 3.05) is 5.73 Å². The maximum absolute atomic E-state index is 5.71. The topological polar surface area (TPSA) is 52.0 Å². The Morgan fingerprint density at radius 2 is 1.56 bits per heavy atom. The Bertz CT molecular complexity index is 422. The van der Waals surface area contributed by atoms with E-state index < -0.39 is 0 Å². The van der Waals surface area contributed by atoms with Crippen LogP contribution in [0, 0.1) is 0 Å². The monoisotopic (exact) mass is 280 g/mol. The summed E-state index contributed by atoms with van der Waals surface area (Å²) in [7, 11) is 3.55. The van der Waals surface area contributed by atoms with Gasteiger partial charge in [0.05, 0.1) is 0 Å². The molecule has 0 heterocycles. The summed E-state index contributed by atoms with van der Waals surface area (Å²) >= 11 is 0. The largest absolute Gasteiger partial charge is 0.402 e. The molecule has 4 N–H and O–H groups in total. The maximum Gasteiger partial charge on any atom is 0.0314 e. The lowest BCUT2D eigenvalue weighted by molar-refractivity contribution is 0.934. The SMILES string of the molecule is CC.NC1=CC=C(SSc2ccc(N)cc2)CC1. The summed E-state index contributed by atoms with van der Waals surface area (Å²) in [5, 5.41) is 0. The lowest BCUT2D eigenvalue weighted by atomic mass is 10.1. The molecule has 0 saturated heterocycles. The fraction of sp³-hybridized carbons (Fsp3) is 0.286. The highest BCUT2D eigenvalue weighted by molar-refractivity contribution is 8.78. The first-order valence-electron chi connectivity index (χ1n) is 6.09. The first-order valence-corrected chi connectivity index (χ1v) is 8.24. The normalized spacial score (nSPS) is 14.1. The quantitative estimate of drug-likeness (QED) is 0.629. The molecule has 0 radical (unpaired) electrons. The first-order chi connectivity index (χ1) is 8.74. The molecule has 0 bridgehead atoms. The summed E-state index contributed by atoms with van der Waals surface area (Å²) in [5.41, 5.74) is 13.1. The van der Waals surface area contributed by atoms with E-state index in [9.17, 15) is 0 Å². The van der Waals surface area contributed by atoms with E-state index in [2.05, 4.69) is 6.08 Å². The van der Waals surface area contributed by atoms with E-state index in [1.165, 1.54) is 9.80 Å². The van der Waals surface area contributed by atoms with Crippen molar-refractivity contribution < 1.29 is 0 Å². The van der Waals surface area contributed by atoms with Crippen molar-refractivity contribution in [2.45, 2.75) is 31.6 Å². The van der Waals surface area contributed by atoms with Gasteiger partial charge in [-0.05, 0) is 48.1 Å². The van der Waals surface area contributed by atoms with Gasteiger partial charge in [0.2, 0.25) is 0 Å². The number of hydrogen-bond donors (Lipinski definition) is 2. The molecule has 0 aliphatic heterocycles. The Labute approximate surface area is 117 Å². The second-order valence-electron chi connectivity index (χ2n) is 3.61. The van der Waals surface area contributed by atoms with Gasteiger partial charge in [0, 0.05) is 16.3 Å². The minimum Gasteiger partial charge on any atom is -0.402 e. The minimum atomic E-state index is 0.807. The van der Waals surface area contributed by atoms with Crippen LogP contribution in [0.1, 0.15) is 26.7 Å². The van der Waals surface area contributed by atoms with E-state index in [1.807, 2.05) is 44.2 Å². The summed E-state index contributed by atoms with van der Waals surface area (Å²) in [6.45, 7) is 4.00. The summed E-state index contributed by atoms with van der Waals surface area (Å²) in [4.78, 5) is 2.60. The number of benzene rings is 1. The van der Waals surface area contributed by atoms with Crippen LogP contribution in [0.5, 0.6) is 0 Å². The zero-order valence-corrected chi connectivity index (χ0v) is 12.5. The highest BCUT2D eigenvalue weighted by atomic mass is 33.1. The van der Waals surface area contributed by atoms with Crippen LogP contribution in [0.2, 0.25) is 0 Å².